The maximum atomic E-state index is 10.4. The van der Waals surface area contributed by atoms with Crippen molar-refractivity contribution in [3.8, 4) is 0 Å². The maximum Gasteiger partial charge on any atom is 0.0760 e. The summed E-state index contributed by atoms with van der Waals surface area (Å²) in [5.41, 5.74) is 2.80. The number of aliphatic hydroxyl groups excluding tert-OH is 2. The Labute approximate surface area is 142 Å². The van der Waals surface area contributed by atoms with Crippen LogP contribution in [0.1, 0.15) is 73.1 Å². The second kappa shape index (κ2) is 11.6. The molecule has 3 N–H and O–H groups in total. The van der Waals surface area contributed by atoms with Crippen LogP contribution in [0.4, 0.5) is 0 Å². The van der Waals surface area contributed by atoms with E-state index in [0.717, 1.165) is 43.3 Å². The zero-order valence-electron chi connectivity index (χ0n) is 15.6. The summed E-state index contributed by atoms with van der Waals surface area (Å²) in [6, 6.07) is 0. The highest BCUT2D eigenvalue weighted by molar-refractivity contribution is 5.06. The van der Waals surface area contributed by atoms with E-state index >= 15 is 0 Å². The fourth-order valence-electron chi connectivity index (χ4n) is 2.62. The summed E-state index contributed by atoms with van der Waals surface area (Å²) in [7, 11) is 0. The predicted octanol–water partition coefficient (Wildman–Crippen LogP) is 4.29. The molecule has 0 bridgehead atoms. The average Bonchev–Trinajstić information content (AvgIpc) is 2.36. The van der Waals surface area contributed by atoms with Crippen LogP contribution >= 0.6 is 0 Å². The quantitative estimate of drug-likeness (QED) is 0.497. The molecule has 0 aliphatic heterocycles. The fraction of sp³-hybridized carbons (Fsp3) is 0.700. The molecule has 0 aromatic carbocycles. The first-order valence-corrected chi connectivity index (χ1v) is 8.64. The third-order valence-electron chi connectivity index (χ3n) is 3.96. The Hall–Kier alpha value is -0.900. The number of hydrogen-bond acceptors (Lipinski definition) is 3. The van der Waals surface area contributed by atoms with Crippen molar-refractivity contribution in [3.63, 3.8) is 0 Å². The molecule has 0 aliphatic rings. The van der Waals surface area contributed by atoms with E-state index in [-0.39, 0.29) is 6.61 Å². The van der Waals surface area contributed by atoms with Crippen LogP contribution in [0.25, 0.3) is 0 Å². The first-order valence-electron chi connectivity index (χ1n) is 8.64. The average molecular weight is 325 g/mol. The van der Waals surface area contributed by atoms with Gasteiger partial charge in [0.1, 0.15) is 0 Å². The Morgan fingerprint density at radius 3 is 2.26 bits per heavy atom. The van der Waals surface area contributed by atoms with Crippen molar-refractivity contribution >= 4 is 0 Å². The Balaban J connectivity index is 4.14. The minimum absolute atomic E-state index is 0.0882. The van der Waals surface area contributed by atoms with Crippen molar-refractivity contribution in [2.75, 3.05) is 6.61 Å². The third kappa shape index (κ3) is 13.3. The number of aliphatic hydroxyl groups is 3. The van der Waals surface area contributed by atoms with Gasteiger partial charge in [-0.1, -0.05) is 34.9 Å². The van der Waals surface area contributed by atoms with Crippen molar-refractivity contribution in [1.29, 1.82) is 0 Å². The van der Waals surface area contributed by atoms with Gasteiger partial charge in [0.25, 0.3) is 0 Å². The van der Waals surface area contributed by atoms with Crippen LogP contribution in [0.5, 0.6) is 0 Å². The summed E-state index contributed by atoms with van der Waals surface area (Å²) in [5.74, 6) is 0. The van der Waals surface area contributed by atoms with E-state index < -0.39 is 11.7 Å². The molecular weight excluding hydrogens is 288 g/mol. The Bertz CT molecular complexity index is 413. The predicted molar refractivity (Wildman–Crippen MR) is 98.4 cm³/mol. The smallest absolute Gasteiger partial charge is 0.0760 e. The van der Waals surface area contributed by atoms with Gasteiger partial charge in [0.2, 0.25) is 0 Å². The van der Waals surface area contributed by atoms with Crippen molar-refractivity contribution in [1.82, 2.24) is 0 Å². The molecule has 0 amide bonds. The van der Waals surface area contributed by atoms with Crippen molar-refractivity contribution in [3.05, 3.63) is 34.9 Å². The van der Waals surface area contributed by atoms with Crippen LogP contribution in [-0.4, -0.2) is 33.6 Å². The minimum atomic E-state index is -0.658. The SMILES string of the molecule is CC(C)=C[C@@H](O)C/C(C)=C/CC[C@@](C)(O)CCC/C(C)=C/CO. The van der Waals surface area contributed by atoms with E-state index in [1.54, 1.807) is 0 Å². The van der Waals surface area contributed by atoms with Gasteiger partial charge in [0, 0.05) is 0 Å². The molecular formula is C20H36O3. The molecule has 2 atom stereocenters. The van der Waals surface area contributed by atoms with Crippen LogP contribution < -0.4 is 0 Å². The molecule has 0 saturated heterocycles. The number of rotatable bonds is 11. The van der Waals surface area contributed by atoms with Gasteiger partial charge in [-0.25, -0.2) is 0 Å². The molecule has 3 heteroatoms. The van der Waals surface area contributed by atoms with Gasteiger partial charge in [-0.3, -0.25) is 0 Å². The lowest BCUT2D eigenvalue weighted by atomic mass is 9.92. The van der Waals surface area contributed by atoms with Gasteiger partial charge in [-0.15, -0.1) is 0 Å². The standard InChI is InChI=1S/C20H36O3/c1-16(2)14-19(22)15-18(4)9-7-12-20(5,23)11-6-8-17(3)10-13-21/h9-10,14,19,21-23H,6-8,11-13,15H2,1-5H3/b17-10+,18-9+/t19-,20+/m1/s1. The molecule has 0 aliphatic carbocycles. The zero-order chi connectivity index (χ0) is 17.9. The van der Waals surface area contributed by atoms with Crippen molar-refractivity contribution in [2.24, 2.45) is 0 Å². The Kier molecular flexibility index (Phi) is 11.2. The molecule has 0 aromatic rings. The molecule has 0 unspecified atom stereocenters. The van der Waals surface area contributed by atoms with Crippen LogP contribution in [0, 0.1) is 0 Å². The largest absolute Gasteiger partial charge is 0.392 e. The van der Waals surface area contributed by atoms with Gasteiger partial charge in [0.05, 0.1) is 18.3 Å². The Morgan fingerprint density at radius 2 is 1.70 bits per heavy atom. The maximum absolute atomic E-state index is 10.4. The lowest BCUT2D eigenvalue weighted by Crippen LogP contribution is -2.23. The zero-order valence-corrected chi connectivity index (χ0v) is 15.6. The third-order valence-corrected chi connectivity index (χ3v) is 3.96. The highest BCUT2D eigenvalue weighted by atomic mass is 16.3. The topological polar surface area (TPSA) is 60.7 Å². The normalized spacial score (nSPS) is 16.9. The van der Waals surface area contributed by atoms with Gasteiger partial charge < -0.3 is 15.3 Å². The van der Waals surface area contributed by atoms with E-state index in [0.29, 0.717) is 6.42 Å². The molecule has 3 nitrogen and oxygen atoms in total. The van der Waals surface area contributed by atoms with Crippen LogP contribution in [0.3, 0.4) is 0 Å². The van der Waals surface area contributed by atoms with Crippen LogP contribution in [0.15, 0.2) is 34.9 Å². The summed E-state index contributed by atoms with van der Waals surface area (Å²) in [5, 5.41) is 29.1. The summed E-state index contributed by atoms with van der Waals surface area (Å²) in [4.78, 5) is 0. The van der Waals surface area contributed by atoms with Crippen LogP contribution in [-0.2, 0) is 0 Å². The number of allylic oxidation sites excluding steroid dienone is 3. The molecule has 23 heavy (non-hydrogen) atoms. The summed E-state index contributed by atoms with van der Waals surface area (Å²) >= 11 is 0. The molecule has 0 spiro atoms. The van der Waals surface area contributed by atoms with E-state index in [9.17, 15) is 10.2 Å². The molecule has 0 saturated carbocycles. The highest BCUT2D eigenvalue weighted by Crippen LogP contribution is 2.22. The molecule has 0 rings (SSSR count). The Morgan fingerprint density at radius 1 is 1.04 bits per heavy atom. The second-order valence-electron chi connectivity index (χ2n) is 7.19. The summed E-state index contributed by atoms with van der Waals surface area (Å²) in [6.45, 7) is 9.98. The first kappa shape index (κ1) is 22.1. The molecule has 0 radical (unpaired) electrons. The molecule has 0 aromatic heterocycles. The molecule has 134 valence electrons. The van der Waals surface area contributed by atoms with Crippen molar-refractivity contribution < 1.29 is 15.3 Å². The lowest BCUT2D eigenvalue weighted by molar-refractivity contribution is 0.0410. The van der Waals surface area contributed by atoms with E-state index in [1.807, 2.05) is 46.8 Å². The van der Waals surface area contributed by atoms with E-state index in [2.05, 4.69) is 6.08 Å². The lowest BCUT2D eigenvalue weighted by Gasteiger charge is -2.22. The van der Waals surface area contributed by atoms with Gasteiger partial charge in [0.15, 0.2) is 0 Å². The summed E-state index contributed by atoms with van der Waals surface area (Å²) < 4.78 is 0. The summed E-state index contributed by atoms with van der Waals surface area (Å²) in [6.07, 6.45) is 10.2. The first-order chi connectivity index (χ1) is 10.7. The fourth-order valence-corrected chi connectivity index (χ4v) is 2.62. The minimum Gasteiger partial charge on any atom is -0.392 e. The monoisotopic (exact) mass is 324 g/mol. The van der Waals surface area contributed by atoms with Gasteiger partial charge in [-0.05, 0) is 73.1 Å². The number of hydrogen-bond donors (Lipinski definition) is 3. The second-order valence-corrected chi connectivity index (χ2v) is 7.19. The van der Waals surface area contributed by atoms with Crippen molar-refractivity contribution in [2.45, 2.75) is 84.8 Å². The van der Waals surface area contributed by atoms with Gasteiger partial charge >= 0.3 is 0 Å². The highest BCUT2D eigenvalue weighted by Gasteiger charge is 2.18. The van der Waals surface area contributed by atoms with Crippen LogP contribution in [0.2, 0.25) is 0 Å². The molecule has 0 fully saturated rings. The van der Waals surface area contributed by atoms with E-state index in [1.165, 1.54) is 5.57 Å². The van der Waals surface area contributed by atoms with Gasteiger partial charge in [-0.2, -0.15) is 0 Å². The molecule has 0 heterocycles. The van der Waals surface area contributed by atoms with E-state index in [4.69, 9.17) is 5.11 Å².